The van der Waals surface area contributed by atoms with Gasteiger partial charge in [-0.15, -0.1) is 16.4 Å². The van der Waals surface area contributed by atoms with Crippen LogP contribution in [-0.2, 0) is 7.05 Å². The van der Waals surface area contributed by atoms with Crippen LogP contribution in [0.3, 0.4) is 0 Å². The number of thiophene rings is 1. The van der Waals surface area contributed by atoms with Gasteiger partial charge in [-0.3, -0.25) is 4.79 Å². The molecular formula is C25H21FN6OS. The first-order valence-electron chi connectivity index (χ1n) is 11.2. The Balaban J connectivity index is 1.49. The molecule has 1 amide bonds. The minimum atomic E-state index is -0.585. The molecule has 34 heavy (non-hydrogen) atoms. The summed E-state index contributed by atoms with van der Waals surface area (Å²) in [5.74, 6) is -0.606. The van der Waals surface area contributed by atoms with E-state index in [1.807, 2.05) is 42.3 Å². The van der Waals surface area contributed by atoms with E-state index < -0.39 is 5.82 Å². The Morgan fingerprint density at radius 3 is 2.74 bits per heavy atom. The molecule has 0 spiro atoms. The zero-order chi connectivity index (χ0) is 23.6. The molecule has 170 valence electrons. The van der Waals surface area contributed by atoms with Crippen molar-refractivity contribution in [3.05, 3.63) is 58.7 Å². The van der Waals surface area contributed by atoms with Crippen LogP contribution in [-0.4, -0.2) is 43.9 Å². The minimum absolute atomic E-state index is 0.0135. The van der Waals surface area contributed by atoms with E-state index in [9.17, 15) is 9.18 Å². The van der Waals surface area contributed by atoms with E-state index in [-0.39, 0.29) is 29.6 Å². The normalized spacial score (nSPS) is 21.4. The molecule has 4 heterocycles. The van der Waals surface area contributed by atoms with Gasteiger partial charge in [0.1, 0.15) is 17.4 Å². The lowest BCUT2D eigenvalue weighted by Gasteiger charge is -2.22. The average molecular weight is 473 g/mol. The van der Waals surface area contributed by atoms with Crippen LogP contribution in [0.25, 0.3) is 32.6 Å². The molecule has 0 unspecified atom stereocenters. The van der Waals surface area contributed by atoms with Gasteiger partial charge in [-0.05, 0) is 60.7 Å². The highest BCUT2D eigenvalue weighted by molar-refractivity contribution is 7.18. The Kier molecular flexibility index (Phi) is 4.76. The van der Waals surface area contributed by atoms with Gasteiger partial charge in [0.15, 0.2) is 0 Å². The summed E-state index contributed by atoms with van der Waals surface area (Å²) >= 11 is 1.39. The van der Waals surface area contributed by atoms with Crippen molar-refractivity contribution in [1.82, 2.24) is 19.9 Å². The first-order chi connectivity index (χ1) is 16.4. The number of amides is 1. The molecule has 2 fully saturated rings. The maximum absolute atomic E-state index is 14.5. The van der Waals surface area contributed by atoms with Crippen molar-refractivity contribution in [3.63, 3.8) is 0 Å². The topological polar surface area (TPSA) is 101 Å². The Labute approximate surface area is 199 Å². The minimum Gasteiger partial charge on any atom is -0.330 e. The summed E-state index contributed by atoms with van der Waals surface area (Å²) in [5.41, 5.74) is 10.1. The predicted octanol–water partition coefficient (Wildman–Crippen LogP) is 4.08. The number of nitriles is 1. The van der Waals surface area contributed by atoms with Crippen LogP contribution in [0, 0.1) is 17.1 Å². The summed E-state index contributed by atoms with van der Waals surface area (Å²) in [6.45, 7) is 0. The molecule has 6 rings (SSSR count). The Morgan fingerprint density at radius 2 is 2.03 bits per heavy atom. The van der Waals surface area contributed by atoms with Crippen LogP contribution in [0.5, 0.6) is 0 Å². The van der Waals surface area contributed by atoms with Gasteiger partial charge in [-0.2, -0.15) is 5.26 Å². The number of rotatable bonds is 3. The van der Waals surface area contributed by atoms with Crippen molar-refractivity contribution < 1.29 is 9.18 Å². The van der Waals surface area contributed by atoms with Crippen molar-refractivity contribution >= 4 is 28.3 Å². The zero-order valence-electron chi connectivity index (χ0n) is 18.4. The predicted molar refractivity (Wildman–Crippen MR) is 128 cm³/mol. The number of aryl methyl sites for hydroxylation is 1. The number of aromatic nitrogens is 3. The Bertz CT molecular complexity index is 1500. The van der Waals surface area contributed by atoms with Gasteiger partial charge >= 0.3 is 0 Å². The molecule has 7 nitrogen and oxygen atoms in total. The SMILES string of the molecule is Cn1nnc2cc(-c3sc(C(=O)N4[C@@H]5CC[C@H]4[C@H](N)C5)cc3-c3ccc(C#N)c(F)c3)ccc21. The fraction of sp³-hybridized carbons (Fsp3) is 0.280. The average Bonchev–Trinajstić information content (AvgIpc) is 3.60. The molecule has 2 saturated heterocycles. The van der Waals surface area contributed by atoms with Crippen LogP contribution in [0.15, 0.2) is 42.5 Å². The molecule has 2 aliphatic rings. The largest absolute Gasteiger partial charge is 0.330 e. The lowest BCUT2D eigenvalue weighted by molar-refractivity contribution is 0.0731. The second-order valence-electron chi connectivity index (χ2n) is 8.99. The maximum atomic E-state index is 14.5. The smallest absolute Gasteiger partial charge is 0.264 e. The molecule has 3 atom stereocenters. The van der Waals surface area contributed by atoms with E-state index in [1.165, 1.54) is 23.5 Å². The van der Waals surface area contributed by atoms with Crippen molar-refractivity contribution in [3.8, 4) is 27.6 Å². The summed E-state index contributed by atoms with van der Waals surface area (Å²) in [4.78, 5) is 17.0. The number of carbonyl (C=O) groups is 1. The lowest BCUT2D eigenvalue weighted by Crippen LogP contribution is -2.40. The Hall–Kier alpha value is -3.61. The Morgan fingerprint density at radius 1 is 1.21 bits per heavy atom. The lowest BCUT2D eigenvalue weighted by atomic mass is 9.97. The van der Waals surface area contributed by atoms with Crippen LogP contribution in [0.1, 0.15) is 34.5 Å². The van der Waals surface area contributed by atoms with E-state index in [4.69, 9.17) is 11.0 Å². The number of hydrogen-bond acceptors (Lipinski definition) is 6. The molecule has 2 aromatic carbocycles. The van der Waals surface area contributed by atoms with Crippen LogP contribution >= 0.6 is 11.3 Å². The van der Waals surface area contributed by atoms with E-state index in [2.05, 4.69) is 10.3 Å². The highest BCUT2D eigenvalue weighted by atomic mass is 32.1. The molecule has 2 bridgehead atoms. The summed E-state index contributed by atoms with van der Waals surface area (Å²) in [5, 5.41) is 17.4. The van der Waals surface area contributed by atoms with Crippen LogP contribution in [0.4, 0.5) is 4.39 Å². The number of halogens is 1. The van der Waals surface area contributed by atoms with Crippen LogP contribution in [0.2, 0.25) is 0 Å². The van der Waals surface area contributed by atoms with Gasteiger partial charge in [-0.1, -0.05) is 17.3 Å². The van der Waals surface area contributed by atoms with Crippen molar-refractivity contribution in [2.75, 3.05) is 0 Å². The number of carbonyl (C=O) groups excluding carboxylic acids is 1. The maximum Gasteiger partial charge on any atom is 0.264 e. The molecule has 4 aromatic rings. The number of benzene rings is 2. The molecule has 0 radical (unpaired) electrons. The van der Waals surface area contributed by atoms with E-state index in [1.54, 1.807) is 10.7 Å². The monoisotopic (exact) mass is 472 g/mol. The molecular weight excluding hydrogens is 451 g/mol. The first-order valence-corrected chi connectivity index (χ1v) is 12.0. The number of fused-ring (bicyclic) bond motifs is 3. The molecule has 2 aliphatic heterocycles. The highest BCUT2D eigenvalue weighted by Crippen LogP contribution is 2.43. The van der Waals surface area contributed by atoms with Crippen molar-refractivity contribution in [2.45, 2.75) is 37.4 Å². The van der Waals surface area contributed by atoms with E-state index in [0.717, 1.165) is 46.3 Å². The van der Waals surface area contributed by atoms with Gasteiger partial charge in [0, 0.05) is 35.6 Å². The molecule has 9 heteroatoms. The molecule has 0 aliphatic carbocycles. The second-order valence-corrected chi connectivity index (χ2v) is 10.0. The third-order valence-corrected chi connectivity index (χ3v) is 8.21. The second kappa shape index (κ2) is 7.72. The zero-order valence-corrected chi connectivity index (χ0v) is 19.2. The van der Waals surface area contributed by atoms with E-state index >= 15 is 0 Å². The molecule has 0 saturated carbocycles. The first kappa shape index (κ1) is 21.0. The highest BCUT2D eigenvalue weighted by Gasteiger charge is 2.47. The summed E-state index contributed by atoms with van der Waals surface area (Å²) < 4.78 is 16.2. The molecule has 2 N–H and O–H groups in total. The van der Waals surface area contributed by atoms with Gasteiger partial charge in [0.25, 0.3) is 5.91 Å². The fourth-order valence-electron chi connectivity index (χ4n) is 5.36. The standard InChI is InChI=1S/C25H21FN6OS/c1-31-22-6-4-14(9-20(22)29-30-31)24-17(13-2-3-15(12-27)18(26)8-13)11-23(34-24)25(33)32-16-5-7-21(32)19(28)10-16/h2-4,6,8-9,11,16,19,21H,5,7,10,28H2,1H3/t16-,19-,21+/m1/s1. The summed E-state index contributed by atoms with van der Waals surface area (Å²) in [6, 6.07) is 14.4. The third kappa shape index (κ3) is 3.14. The quantitative estimate of drug-likeness (QED) is 0.484. The van der Waals surface area contributed by atoms with Gasteiger partial charge in [-0.25, -0.2) is 9.07 Å². The van der Waals surface area contributed by atoms with Gasteiger partial charge < -0.3 is 10.6 Å². The summed E-state index contributed by atoms with van der Waals surface area (Å²) in [7, 11) is 1.83. The number of nitrogens with zero attached hydrogens (tertiary/aromatic N) is 5. The fourth-order valence-corrected chi connectivity index (χ4v) is 6.48. The third-order valence-electron chi connectivity index (χ3n) is 7.04. The molecule has 2 aromatic heterocycles. The van der Waals surface area contributed by atoms with Crippen molar-refractivity contribution in [1.29, 1.82) is 5.26 Å². The van der Waals surface area contributed by atoms with Gasteiger partial charge in [0.05, 0.1) is 16.0 Å². The number of nitrogens with two attached hydrogens (primary N) is 1. The van der Waals surface area contributed by atoms with Crippen molar-refractivity contribution in [2.24, 2.45) is 12.8 Å². The van der Waals surface area contributed by atoms with Gasteiger partial charge in [0.2, 0.25) is 0 Å². The van der Waals surface area contributed by atoms with E-state index in [0.29, 0.717) is 10.4 Å². The number of hydrogen-bond donors (Lipinski definition) is 1. The summed E-state index contributed by atoms with van der Waals surface area (Å²) in [6.07, 6.45) is 2.76. The van der Waals surface area contributed by atoms with Crippen LogP contribution < -0.4 is 5.73 Å².